The summed E-state index contributed by atoms with van der Waals surface area (Å²) in [7, 11) is 0. The number of nitrogens with zero attached hydrogens (tertiary/aromatic N) is 3. The summed E-state index contributed by atoms with van der Waals surface area (Å²) < 4.78 is 40.0. The number of rotatable bonds is 6. The third kappa shape index (κ3) is 5.53. The van der Waals surface area contributed by atoms with Crippen LogP contribution in [0.5, 0.6) is 0 Å². The second-order valence-corrected chi connectivity index (χ2v) is 9.73. The highest BCUT2D eigenvalue weighted by molar-refractivity contribution is 5.99. The predicted molar refractivity (Wildman–Crippen MR) is 143 cm³/mol. The van der Waals surface area contributed by atoms with Crippen LogP contribution < -0.4 is 5.32 Å². The molecule has 2 heterocycles. The van der Waals surface area contributed by atoms with Gasteiger partial charge in [-0.05, 0) is 55.3 Å². The van der Waals surface area contributed by atoms with Crippen LogP contribution in [0.1, 0.15) is 27.9 Å². The quantitative estimate of drug-likeness (QED) is 0.285. The molecule has 4 aromatic rings. The van der Waals surface area contributed by atoms with E-state index in [0.29, 0.717) is 22.5 Å². The number of likely N-dealkylation sites (tertiary alicyclic amines) is 1. The molecule has 0 spiro atoms. The van der Waals surface area contributed by atoms with Gasteiger partial charge in [-0.1, -0.05) is 30.3 Å². The van der Waals surface area contributed by atoms with Crippen LogP contribution in [0.2, 0.25) is 0 Å². The molecule has 2 atom stereocenters. The van der Waals surface area contributed by atoms with E-state index in [1.54, 1.807) is 43.3 Å². The predicted octanol–water partition coefficient (Wildman–Crippen LogP) is 5.37. The molecule has 41 heavy (non-hydrogen) atoms. The number of hydrogen-bond acceptors (Lipinski definition) is 6. The third-order valence-electron chi connectivity index (χ3n) is 6.95. The van der Waals surface area contributed by atoms with Crippen molar-refractivity contribution in [2.45, 2.75) is 25.6 Å². The van der Waals surface area contributed by atoms with Crippen LogP contribution in [-0.4, -0.2) is 55.5 Å². The molecule has 1 aliphatic heterocycles. The molecular weight excluding hydrogens is 541 g/mol. The number of hydrogen-bond donors (Lipinski definition) is 3. The summed E-state index contributed by atoms with van der Waals surface area (Å²) in [6.45, 7) is 1.41. The maximum Gasteiger partial charge on any atom is 0.416 e. The molecule has 1 fully saturated rings. The van der Waals surface area contributed by atoms with Crippen molar-refractivity contribution in [3.63, 3.8) is 0 Å². The fraction of sp³-hybridized carbons (Fsp3) is 0.207. The number of carboxylic acids is 2. The monoisotopic (exact) mass is 564 g/mol. The first-order valence-corrected chi connectivity index (χ1v) is 12.5. The zero-order valence-electron chi connectivity index (χ0n) is 21.5. The summed E-state index contributed by atoms with van der Waals surface area (Å²) >= 11 is 0. The average molecular weight is 565 g/mol. The minimum absolute atomic E-state index is 0.0345. The van der Waals surface area contributed by atoms with E-state index in [0.717, 1.165) is 17.0 Å². The minimum atomic E-state index is -4.56. The molecular formula is C29H23F3N4O5. The maximum absolute atomic E-state index is 13.3. The number of carbonyl (C=O) groups excluding carboxylic acids is 1. The second-order valence-electron chi connectivity index (χ2n) is 9.73. The SMILES string of the molecule is Cc1cc(Nc2nc3cc(C(F)(F)F)ccc3nc2-c2ccccc2)ccc1C(=O)N1CC(C(=O)O)CC1C(=O)O. The van der Waals surface area contributed by atoms with E-state index in [2.05, 4.69) is 15.3 Å². The Morgan fingerprint density at radius 1 is 0.927 bits per heavy atom. The normalized spacial score (nSPS) is 17.0. The topological polar surface area (TPSA) is 133 Å². The number of carbonyl (C=O) groups is 3. The Balaban J connectivity index is 1.50. The maximum atomic E-state index is 13.3. The number of aromatic nitrogens is 2. The van der Waals surface area contributed by atoms with Gasteiger partial charge in [-0.15, -0.1) is 0 Å². The fourth-order valence-electron chi connectivity index (χ4n) is 4.86. The van der Waals surface area contributed by atoms with E-state index in [1.807, 2.05) is 6.07 Å². The van der Waals surface area contributed by atoms with Crippen LogP contribution in [0.4, 0.5) is 24.7 Å². The Morgan fingerprint density at radius 3 is 2.29 bits per heavy atom. The van der Waals surface area contributed by atoms with E-state index in [1.165, 1.54) is 12.1 Å². The Morgan fingerprint density at radius 2 is 1.66 bits per heavy atom. The highest BCUT2D eigenvalue weighted by Crippen LogP contribution is 2.34. The third-order valence-corrected chi connectivity index (χ3v) is 6.95. The first kappa shape index (κ1) is 27.6. The van der Waals surface area contributed by atoms with E-state index in [-0.39, 0.29) is 35.4 Å². The summed E-state index contributed by atoms with van der Waals surface area (Å²) in [6, 6.07) is 15.5. The standard InChI is InChI=1S/C29H23F3N4O5/c1-15-11-19(8-9-20(15)26(37)36-14-17(27(38)39)12-23(36)28(40)41)33-25-24(16-5-3-2-4-6-16)34-21-10-7-18(29(30,31)32)13-22(21)35-25/h2-11,13,17,23H,12,14H2,1H3,(H,33,35)(H,38,39)(H,40,41). The summed E-state index contributed by atoms with van der Waals surface area (Å²) in [5.41, 5.74) is 1.64. The molecule has 3 N–H and O–H groups in total. The molecule has 2 unspecified atom stereocenters. The van der Waals surface area contributed by atoms with E-state index < -0.39 is 41.5 Å². The van der Waals surface area contributed by atoms with Gasteiger partial charge in [0.05, 0.1) is 22.5 Å². The van der Waals surface area contributed by atoms with Gasteiger partial charge in [0.25, 0.3) is 5.91 Å². The molecule has 0 radical (unpaired) electrons. The molecule has 0 bridgehead atoms. The van der Waals surface area contributed by atoms with E-state index >= 15 is 0 Å². The van der Waals surface area contributed by atoms with Gasteiger partial charge in [0.2, 0.25) is 0 Å². The van der Waals surface area contributed by atoms with Crippen LogP contribution in [0.25, 0.3) is 22.3 Å². The number of fused-ring (bicyclic) bond motifs is 1. The van der Waals surface area contributed by atoms with Crippen molar-refractivity contribution in [2.75, 3.05) is 11.9 Å². The van der Waals surface area contributed by atoms with Crippen LogP contribution >= 0.6 is 0 Å². The lowest BCUT2D eigenvalue weighted by Gasteiger charge is -2.22. The largest absolute Gasteiger partial charge is 0.481 e. The molecule has 9 nitrogen and oxygen atoms in total. The number of anilines is 2. The molecule has 3 aromatic carbocycles. The Labute approximate surface area is 231 Å². The first-order chi connectivity index (χ1) is 19.4. The zero-order chi connectivity index (χ0) is 29.5. The number of benzene rings is 3. The first-order valence-electron chi connectivity index (χ1n) is 12.5. The Bertz CT molecular complexity index is 1680. The van der Waals surface area contributed by atoms with Crippen LogP contribution in [0.15, 0.2) is 66.7 Å². The Hall–Kier alpha value is -5.00. The van der Waals surface area contributed by atoms with Crippen molar-refractivity contribution < 1.29 is 37.8 Å². The number of halogens is 3. The average Bonchev–Trinajstić information content (AvgIpc) is 3.39. The Kier molecular flexibility index (Phi) is 7.08. The highest BCUT2D eigenvalue weighted by Gasteiger charge is 2.43. The molecule has 12 heteroatoms. The van der Waals surface area contributed by atoms with Gasteiger partial charge in [0, 0.05) is 23.4 Å². The van der Waals surface area contributed by atoms with Gasteiger partial charge in [-0.3, -0.25) is 9.59 Å². The van der Waals surface area contributed by atoms with E-state index in [9.17, 15) is 37.8 Å². The van der Waals surface area contributed by atoms with Crippen molar-refractivity contribution in [3.05, 3.63) is 83.4 Å². The zero-order valence-corrected chi connectivity index (χ0v) is 21.5. The van der Waals surface area contributed by atoms with Gasteiger partial charge in [-0.2, -0.15) is 13.2 Å². The summed E-state index contributed by atoms with van der Waals surface area (Å²) in [5, 5.41) is 22.0. The lowest BCUT2D eigenvalue weighted by Crippen LogP contribution is -2.40. The van der Waals surface area contributed by atoms with Crippen molar-refractivity contribution in [1.29, 1.82) is 0 Å². The van der Waals surface area contributed by atoms with Gasteiger partial charge < -0.3 is 20.4 Å². The molecule has 5 rings (SSSR count). The molecule has 1 saturated heterocycles. The van der Waals surface area contributed by atoms with Gasteiger partial charge in [0.15, 0.2) is 5.82 Å². The molecule has 1 aromatic heterocycles. The number of aryl methyl sites for hydroxylation is 1. The fourth-order valence-corrected chi connectivity index (χ4v) is 4.86. The summed E-state index contributed by atoms with van der Waals surface area (Å²) in [5.74, 6) is -3.86. The molecule has 1 amide bonds. The van der Waals surface area contributed by atoms with Crippen molar-refractivity contribution in [2.24, 2.45) is 5.92 Å². The summed E-state index contributed by atoms with van der Waals surface area (Å²) in [4.78, 5) is 46.5. The van der Waals surface area contributed by atoms with Crippen LogP contribution in [0, 0.1) is 12.8 Å². The molecule has 0 aliphatic carbocycles. The van der Waals surface area contributed by atoms with Crippen molar-refractivity contribution >= 4 is 40.4 Å². The summed E-state index contributed by atoms with van der Waals surface area (Å²) in [6.07, 6.45) is -4.74. The highest BCUT2D eigenvalue weighted by atomic mass is 19.4. The van der Waals surface area contributed by atoms with Gasteiger partial charge in [-0.25, -0.2) is 14.8 Å². The molecule has 1 aliphatic rings. The minimum Gasteiger partial charge on any atom is -0.481 e. The van der Waals surface area contributed by atoms with Crippen LogP contribution in [-0.2, 0) is 15.8 Å². The van der Waals surface area contributed by atoms with E-state index in [4.69, 9.17) is 0 Å². The van der Waals surface area contributed by atoms with Crippen LogP contribution in [0.3, 0.4) is 0 Å². The van der Waals surface area contributed by atoms with Crippen molar-refractivity contribution in [3.8, 4) is 11.3 Å². The molecule has 210 valence electrons. The molecule has 0 saturated carbocycles. The van der Waals surface area contributed by atoms with Gasteiger partial charge >= 0.3 is 18.1 Å². The smallest absolute Gasteiger partial charge is 0.416 e. The lowest BCUT2D eigenvalue weighted by molar-refractivity contribution is -0.142. The number of aliphatic carboxylic acids is 2. The number of nitrogens with one attached hydrogen (secondary N) is 1. The lowest BCUT2D eigenvalue weighted by atomic mass is 10.1. The number of amides is 1. The number of alkyl halides is 3. The number of carboxylic acid groups (broad SMARTS) is 2. The van der Waals surface area contributed by atoms with Gasteiger partial charge in [0.1, 0.15) is 11.7 Å². The second kappa shape index (κ2) is 10.5. The van der Waals surface area contributed by atoms with Crippen molar-refractivity contribution in [1.82, 2.24) is 14.9 Å².